The third-order valence-electron chi connectivity index (χ3n) is 2.89. The number of hydrogen-bond donors (Lipinski definition) is 0. The van der Waals surface area contributed by atoms with Crippen molar-refractivity contribution in [1.82, 2.24) is 4.98 Å². The van der Waals surface area contributed by atoms with Gasteiger partial charge in [-0.3, -0.25) is 0 Å². The highest BCUT2D eigenvalue weighted by Gasteiger charge is 2.12. The molecule has 0 unspecified atom stereocenters. The van der Waals surface area contributed by atoms with Gasteiger partial charge in [0, 0.05) is 10.9 Å². The smallest absolute Gasteiger partial charge is 0.123 e. The predicted molar refractivity (Wildman–Crippen MR) is 84.9 cm³/mol. The second-order valence-electron chi connectivity index (χ2n) is 4.11. The lowest BCUT2D eigenvalue weighted by atomic mass is 10.1. The summed E-state index contributed by atoms with van der Waals surface area (Å²) in [5, 5.41) is 1.62. The first-order valence-corrected chi connectivity index (χ1v) is 7.12. The topological polar surface area (TPSA) is 12.9 Å². The van der Waals surface area contributed by atoms with E-state index >= 15 is 0 Å². The molecular formula is C15H8ClFIN. The summed E-state index contributed by atoms with van der Waals surface area (Å²) in [6, 6.07) is 14.0. The van der Waals surface area contributed by atoms with Gasteiger partial charge >= 0.3 is 0 Å². The van der Waals surface area contributed by atoms with E-state index in [-0.39, 0.29) is 5.82 Å². The molecule has 0 saturated heterocycles. The third kappa shape index (κ3) is 2.32. The van der Waals surface area contributed by atoms with Crippen LogP contribution in [0, 0.1) is 9.39 Å². The lowest BCUT2D eigenvalue weighted by Crippen LogP contribution is -1.92. The molecule has 0 bridgehead atoms. The fourth-order valence-electron chi connectivity index (χ4n) is 1.95. The van der Waals surface area contributed by atoms with E-state index in [4.69, 9.17) is 11.6 Å². The van der Waals surface area contributed by atoms with Crippen molar-refractivity contribution < 1.29 is 4.39 Å². The molecule has 0 spiro atoms. The van der Waals surface area contributed by atoms with E-state index in [1.54, 1.807) is 12.1 Å². The number of para-hydroxylation sites is 1. The molecule has 1 aromatic heterocycles. The van der Waals surface area contributed by atoms with Crippen LogP contribution >= 0.6 is 34.2 Å². The monoisotopic (exact) mass is 383 g/mol. The van der Waals surface area contributed by atoms with Gasteiger partial charge in [-0.15, -0.1) is 0 Å². The molecule has 0 aliphatic rings. The van der Waals surface area contributed by atoms with Gasteiger partial charge in [0.25, 0.3) is 0 Å². The highest BCUT2D eigenvalue weighted by Crippen LogP contribution is 2.34. The Hall–Kier alpha value is -1.20. The summed E-state index contributed by atoms with van der Waals surface area (Å²) in [6.45, 7) is 0. The normalized spacial score (nSPS) is 10.9. The van der Waals surface area contributed by atoms with Crippen molar-refractivity contribution in [2.75, 3.05) is 0 Å². The maximum atomic E-state index is 13.0. The van der Waals surface area contributed by atoms with Crippen LogP contribution in [0.1, 0.15) is 0 Å². The number of rotatable bonds is 1. The van der Waals surface area contributed by atoms with E-state index in [0.717, 1.165) is 25.7 Å². The molecule has 19 heavy (non-hydrogen) atoms. The molecule has 3 aromatic rings. The lowest BCUT2D eigenvalue weighted by molar-refractivity contribution is 0.628. The zero-order valence-electron chi connectivity index (χ0n) is 9.70. The van der Waals surface area contributed by atoms with Crippen LogP contribution in [0.3, 0.4) is 0 Å². The molecule has 0 atom stereocenters. The fourth-order valence-corrected chi connectivity index (χ4v) is 2.92. The molecule has 94 valence electrons. The van der Waals surface area contributed by atoms with Crippen LogP contribution in [-0.4, -0.2) is 4.98 Å². The van der Waals surface area contributed by atoms with E-state index < -0.39 is 0 Å². The Balaban J connectivity index is 2.29. The molecule has 2 aromatic carbocycles. The highest BCUT2D eigenvalue weighted by molar-refractivity contribution is 14.1. The first kappa shape index (κ1) is 12.8. The molecular weight excluding hydrogens is 376 g/mol. The van der Waals surface area contributed by atoms with Gasteiger partial charge < -0.3 is 0 Å². The number of fused-ring (bicyclic) bond motifs is 1. The van der Waals surface area contributed by atoms with E-state index in [9.17, 15) is 4.39 Å². The largest absolute Gasteiger partial charge is 0.247 e. The second-order valence-corrected chi connectivity index (χ2v) is 5.57. The first-order chi connectivity index (χ1) is 9.16. The van der Waals surface area contributed by atoms with Crippen LogP contribution in [0.4, 0.5) is 4.39 Å². The number of benzene rings is 2. The second kappa shape index (κ2) is 5.06. The maximum Gasteiger partial charge on any atom is 0.123 e. The standard InChI is InChI=1S/C15H8ClFIN/c16-13-11-3-1-2-4-12(11)19-15(14(13)18)9-5-7-10(17)8-6-9/h1-8H. The molecule has 4 heteroatoms. The van der Waals surface area contributed by atoms with E-state index in [1.807, 2.05) is 24.3 Å². The predicted octanol–water partition coefficient (Wildman–Crippen LogP) is 5.30. The van der Waals surface area contributed by atoms with Crippen molar-refractivity contribution in [3.8, 4) is 11.3 Å². The summed E-state index contributed by atoms with van der Waals surface area (Å²) in [5.74, 6) is -0.259. The first-order valence-electron chi connectivity index (χ1n) is 5.66. The number of aromatic nitrogens is 1. The van der Waals surface area contributed by atoms with Crippen LogP contribution in [-0.2, 0) is 0 Å². The lowest BCUT2D eigenvalue weighted by Gasteiger charge is -2.09. The molecule has 0 amide bonds. The molecule has 0 saturated carbocycles. The van der Waals surface area contributed by atoms with Gasteiger partial charge in [0.2, 0.25) is 0 Å². The summed E-state index contributed by atoms with van der Waals surface area (Å²) in [4.78, 5) is 4.62. The number of halogens is 3. The zero-order chi connectivity index (χ0) is 13.4. The average molecular weight is 384 g/mol. The Morgan fingerprint density at radius 3 is 2.42 bits per heavy atom. The summed E-state index contributed by atoms with van der Waals surface area (Å²) < 4.78 is 13.9. The Morgan fingerprint density at radius 2 is 1.68 bits per heavy atom. The Labute approximate surface area is 128 Å². The summed E-state index contributed by atoms with van der Waals surface area (Å²) in [6.07, 6.45) is 0. The average Bonchev–Trinajstić information content (AvgIpc) is 2.44. The van der Waals surface area contributed by atoms with Crippen LogP contribution in [0.25, 0.3) is 22.2 Å². The Kier molecular flexibility index (Phi) is 3.41. The molecule has 1 nitrogen and oxygen atoms in total. The van der Waals surface area contributed by atoms with Crippen LogP contribution in [0.5, 0.6) is 0 Å². The van der Waals surface area contributed by atoms with Crippen molar-refractivity contribution in [3.05, 3.63) is 62.9 Å². The summed E-state index contributed by atoms with van der Waals surface area (Å²) in [7, 11) is 0. The summed E-state index contributed by atoms with van der Waals surface area (Å²) >= 11 is 8.57. The third-order valence-corrected chi connectivity index (χ3v) is 4.65. The van der Waals surface area contributed by atoms with Gasteiger partial charge in [-0.1, -0.05) is 29.8 Å². The van der Waals surface area contributed by atoms with Gasteiger partial charge in [-0.25, -0.2) is 9.37 Å². The van der Waals surface area contributed by atoms with Crippen molar-refractivity contribution in [2.45, 2.75) is 0 Å². The van der Waals surface area contributed by atoms with Gasteiger partial charge in [-0.2, -0.15) is 0 Å². The Morgan fingerprint density at radius 1 is 1.00 bits per heavy atom. The van der Waals surface area contributed by atoms with E-state index in [2.05, 4.69) is 27.6 Å². The van der Waals surface area contributed by atoms with Gasteiger partial charge in [0.15, 0.2) is 0 Å². The summed E-state index contributed by atoms with van der Waals surface area (Å²) in [5.41, 5.74) is 2.48. The van der Waals surface area contributed by atoms with Crippen molar-refractivity contribution in [2.24, 2.45) is 0 Å². The van der Waals surface area contributed by atoms with E-state index in [1.165, 1.54) is 12.1 Å². The molecule has 3 rings (SSSR count). The van der Waals surface area contributed by atoms with Crippen LogP contribution < -0.4 is 0 Å². The molecule has 1 heterocycles. The van der Waals surface area contributed by atoms with Crippen molar-refractivity contribution >= 4 is 45.1 Å². The molecule has 0 aliphatic carbocycles. The molecule has 0 N–H and O–H groups in total. The highest BCUT2D eigenvalue weighted by atomic mass is 127. The minimum Gasteiger partial charge on any atom is -0.247 e. The van der Waals surface area contributed by atoms with Gasteiger partial charge in [-0.05, 0) is 52.9 Å². The van der Waals surface area contributed by atoms with Crippen molar-refractivity contribution in [3.63, 3.8) is 0 Å². The Bertz CT molecular complexity index is 756. The number of nitrogens with zero attached hydrogens (tertiary/aromatic N) is 1. The fraction of sp³-hybridized carbons (Fsp3) is 0. The maximum absolute atomic E-state index is 13.0. The van der Waals surface area contributed by atoms with Gasteiger partial charge in [0.1, 0.15) is 5.82 Å². The van der Waals surface area contributed by atoms with Crippen molar-refractivity contribution in [1.29, 1.82) is 0 Å². The molecule has 0 radical (unpaired) electrons. The minimum absolute atomic E-state index is 0.259. The number of hydrogen-bond acceptors (Lipinski definition) is 1. The quantitative estimate of drug-likeness (QED) is 0.520. The van der Waals surface area contributed by atoms with Gasteiger partial charge in [0.05, 0.1) is 19.8 Å². The number of pyridine rings is 1. The molecule has 0 aliphatic heterocycles. The van der Waals surface area contributed by atoms with Crippen LogP contribution in [0.15, 0.2) is 48.5 Å². The molecule has 0 fully saturated rings. The zero-order valence-corrected chi connectivity index (χ0v) is 12.6. The minimum atomic E-state index is -0.259. The van der Waals surface area contributed by atoms with Crippen LogP contribution in [0.2, 0.25) is 5.02 Å². The SMILES string of the molecule is Fc1ccc(-c2nc3ccccc3c(Cl)c2I)cc1. The van der Waals surface area contributed by atoms with E-state index in [0.29, 0.717) is 5.02 Å².